The number of alkyl halides is 3. The van der Waals surface area contributed by atoms with E-state index in [-0.39, 0.29) is 11.4 Å². The molecule has 0 aliphatic rings. The Kier molecular flexibility index (Phi) is 9.81. The molecule has 0 aliphatic carbocycles. The minimum Gasteiger partial charge on any atom is -0.497 e. The molecule has 0 heterocycles. The number of ether oxygens (including phenoxy) is 1. The van der Waals surface area contributed by atoms with Crippen molar-refractivity contribution < 1.29 is 40.5 Å². The Balaban J connectivity index is 0.000000389. The fourth-order valence-corrected chi connectivity index (χ4v) is 2.75. The number of rotatable bonds is 7. The number of Topliss-reactive ketones (excluding diaryl/α,β-unsaturated/α-hetero) is 1. The van der Waals surface area contributed by atoms with Gasteiger partial charge in [0.05, 0.1) is 24.5 Å². The zero-order chi connectivity index (χ0) is 24.5. The van der Waals surface area contributed by atoms with Crippen LogP contribution in [-0.4, -0.2) is 44.0 Å². The van der Waals surface area contributed by atoms with Gasteiger partial charge in [-0.2, -0.15) is 21.6 Å². The van der Waals surface area contributed by atoms with E-state index in [1.165, 1.54) is 19.2 Å². The van der Waals surface area contributed by atoms with Crippen molar-refractivity contribution in [2.24, 2.45) is 5.73 Å². The highest BCUT2D eigenvalue weighted by atomic mass is 32.2. The molecule has 0 saturated carbocycles. The molecule has 0 spiro atoms. The Bertz CT molecular complexity index is 1020. The summed E-state index contributed by atoms with van der Waals surface area (Å²) < 4.78 is 70.8. The molecule has 176 valence electrons. The number of ketones is 1. The van der Waals surface area contributed by atoms with E-state index in [9.17, 15) is 31.2 Å². The molecule has 0 aliphatic heterocycles. The first-order chi connectivity index (χ1) is 14.7. The summed E-state index contributed by atoms with van der Waals surface area (Å²) in [7, 11) is -2.55. The highest BCUT2D eigenvalue weighted by molar-refractivity contribution is 7.85. The monoisotopic (exact) mass is 476 g/mol. The van der Waals surface area contributed by atoms with Crippen molar-refractivity contribution in [3.63, 3.8) is 0 Å². The van der Waals surface area contributed by atoms with Crippen LogP contribution in [0.25, 0.3) is 0 Å². The topological polar surface area (TPSA) is 136 Å². The van der Waals surface area contributed by atoms with E-state index in [2.05, 4.69) is 5.32 Å². The molecule has 1 amide bonds. The average Bonchev–Trinajstić information content (AvgIpc) is 2.70. The van der Waals surface area contributed by atoms with E-state index in [4.69, 9.17) is 15.0 Å². The van der Waals surface area contributed by atoms with Crippen molar-refractivity contribution in [1.29, 1.82) is 0 Å². The fourth-order valence-electron chi connectivity index (χ4n) is 2.27. The van der Waals surface area contributed by atoms with E-state index in [1.54, 1.807) is 36.4 Å². The maximum absolute atomic E-state index is 12.1. The first-order valence-corrected chi connectivity index (χ1v) is 10.5. The summed E-state index contributed by atoms with van der Waals surface area (Å²) in [6.07, 6.45) is -6.12. The van der Waals surface area contributed by atoms with Gasteiger partial charge in [-0.05, 0) is 36.8 Å². The third kappa shape index (κ3) is 9.90. The molecule has 1 atom stereocenters. The third-order valence-corrected chi connectivity index (χ3v) is 4.79. The molecule has 2 rings (SSSR count). The molecular weight excluding hydrogens is 453 g/mol. The van der Waals surface area contributed by atoms with E-state index in [1.807, 2.05) is 6.92 Å². The highest BCUT2D eigenvalue weighted by Crippen LogP contribution is 2.21. The van der Waals surface area contributed by atoms with Gasteiger partial charge in [-0.15, -0.1) is 0 Å². The summed E-state index contributed by atoms with van der Waals surface area (Å²) in [4.78, 5) is 22.8. The maximum atomic E-state index is 12.1. The summed E-state index contributed by atoms with van der Waals surface area (Å²) in [5.41, 5.74) is 6.66. The summed E-state index contributed by atoms with van der Waals surface area (Å²) >= 11 is 0. The molecule has 8 nitrogen and oxygen atoms in total. The largest absolute Gasteiger partial charge is 0.497 e. The van der Waals surface area contributed by atoms with Gasteiger partial charge in [0.1, 0.15) is 5.75 Å². The van der Waals surface area contributed by atoms with Crippen LogP contribution in [-0.2, 0) is 26.3 Å². The van der Waals surface area contributed by atoms with Crippen LogP contribution in [0.15, 0.2) is 53.4 Å². The lowest BCUT2D eigenvalue weighted by atomic mass is 10.1. The second-order valence-corrected chi connectivity index (χ2v) is 8.03. The number of nitrogens with one attached hydrogen (secondary N) is 1. The Morgan fingerprint density at radius 3 is 2.25 bits per heavy atom. The van der Waals surface area contributed by atoms with Gasteiger partial charge >= 0.3 is 6.18 Å². The van der Waals surface area contributed by atoms with Gasteiger partial charge in [-0.3, -0.25) is 14.1 Å². The van der Waals surface area contributed by atoms with Crippen LogP contribution < -0.4 is 15.8 Å². The Morgan fingerprint density at radius 1 is 1.16 bits per heavy atom. The average molecular weight is 476 g/mol. The zero-order valence-electron chi connectivity index (χ0n) is 17.2. The molecule has 4 N–H and O–H groups in total. The number of carbonyl (C=O) groups excluding carboxylic acids is 2. The van der Waals surface area contributed by atoms with Crippen LogP contribution in [0.3, 0.4) is 0 Å². The molecule has 2 aromatic rings. The Morgan fingerprint density at radius 2 is 1.75 bits per heavy atom. The van der Waals surface area contributed by atoms with Crippen LogP contribution in [0, 0.1) is 6.92 Å². The molecule has 0 radical (unpaired) electrons. The minimum absolute atomic E-state index is 0.0134. The number of nitrogens with two attached hydrogens (primary N) is 1. The Hall–Kier alpha value is -2.96. The molecule has 0 aromatic heterocycles. The molecule has 0 bridgehead atoms. The van der Waals surface area contributed by atoms with E-state index in [0.29, 0.717) is 11.3 Å². The number of methoxy groups -OCH3 is 1. The van der Waals surface area contributed by atoms with Crippen molar-refractivity contribution in [1.82, 2.24) is 5.32 Å². The van der Waals surface area contributed by atoms with Crippen LogP contribution in [0.5, 0.6) is 5.75 Å². The second kappa shape index (κ2) is 11.6. The van der Waals surface area contributed by atoms with E-state index < -0.39 is 40.4 Å². The summed E-state index contributed by atoms with van der Waals surface area (Å²) in [5, 5.41) is 2.23. The van der Waals surface area contributed by atoms with Crippen molar-refractivity contribution in [3.05, 3.63) is 59.7 Å². The number of amides is 1. The first-order valence-electron chi connectivity index (χ1n) is 9.04. The van der Waals surface area contributed by atoms with Gasteiger partial charge in [0.2, 0.25) is 5.78 Å². The summed E-state index contributed by atoms with van der Waals surface area (Å²) in [6.45, 7) is 1.83. The number of hydrogen-bond donors (Lipinski definition) is 3. The van der Waals surface area contributed by atoms with Crippen molar-refractivity contribution >= 4 is 21.8 Å². The number of benzene rings is 2. The standard InChI is InChI=1S/C13H15F3N2O3.C7H8O3S/c1-21-9-4-2-3-8(5-9)7-18-12(20)11(19)10(17)6-13(14,15)16;1-6-2-4-7(5-3-6)11(8,9)10/h2-5,10H,6-7,17H2,1H3,(H,18,20);2-5H,1H3,(H,8,9,10). The van der Waals surface area contributed by atoms with E-state index in [0.717, 1.165) is 5.56 Å². The van der Waals surface area contributed by atoms with Crippen molar-refractivity contribution in [3.8, 4) is 5.75 Å². The van der Waals surface area contributed by atoms with E-state index >= 15 is 0 Å². The SMILES string of the molecule is COc1cccc(CNC(=O)C(=O)C(N)CC(F)(F)F)c1.Cc1ccc(S(=O)(=O)O)cc1. The quantitative estimate of drug-likeness (QED) is 0.412. The van der Waals surface area contributed by atoms with Crippen molar-refractivity contribution in [2.45, 2.75) is 37.0 Å². The zero-order valence-corrected chi connectivity index (χ0v) is 18.0. The molecule has 32 heavy (non-hydrogen) atoms. The summed E-state index contributed by atoms with van der Waals surface area (Å²) in [5.74, 6) is -1.88. The predicted octanol–water partition coefficient (Wildman–Crippen LogP) is 2.40. The molecule has 12 heteroatoms. The normalized spacial score (nSPS) is 12.2. The molecular formula is C20H23F3N2O6S. The third-order valence-electron chi connectivity index (χ3n) is 3.92. The smallest absolute Gasteiger partial charge is 0.391 e. The van der Waals surface area contributed by atoms with Crippen LogP contribution >= 0.6 is 0 Å². The van der Waals surface area contributed by atoms with Crippen LogP contribution in [0.2, 0.25) is 0 Å². The second-order valence-electron chi connectivity index (χ2n) is 6.61. The lowest BCUT2D eigenvalue weighted by Crippen LogP contribution is -2.44. The van der Waals surface area contributed by atoms with Crippen LogP contribution in [0.4, 0.5) is 13.2 Å². The number of hydrogen-bond acceptors (Lipinski definition) is 6. The van der Waals surface area contributed by atoms with Gasteiger partial charge in [-0.1, -0.05) is 29.8 Å². The lowest BCUT2D eigenvalue weighted by molar-refractivity contribution is -0.150. The molecule has 0 saturated heterocycles. The summed E-state index contributed by atoms with van der Waals surface area (Å²) in [6, 6.07) is 10.8. The molecule has 1 unspecified atom stereocenters. The number of carbonyl (C=O) groups is 2. The van der Waals surface area contributed by atoms with Gasteiger partial charge in [0.15, 0.2) is 0 Å². The number of halogens is 3. The van der Waals surface area contributed by atoms with Gasteiger partial charge in [0.25, 0.3) is 16.0 Å². The highest BCUT2D eigenvalue weighted by Gasteiger charge is 2.35. The molecule has 0 fully saturated rings. The van der Waals surface area contributed by atoms with Crippen LogP contribution in [0.1, 0.15) is 17.5 Å². The van der Waals surface area contributed by atoms with Crippen molar-refractivity contribution in [2.75, 3.05) is 7.11 Å². The van der Waals surface area contributed by atoms with Gasteiger partial charge < -0.3 is 15.8 Å². The maximum Gasteiger partial charge on any atom is 0.391 e. The number of aryl methyl sites for hydroxylation is 1. The minimum atomic E-state index is -4.60. The Labute approximate surface area is 183 Å². The fraction of sp³-hybridized carbons (Fsp3) is 0.300. The predicted molar refractivity (Wildman–Crippen MR) is 109 cm³/mol. The van der Waals surface area contributed by atoms with Gasteiger partial charge in [-0.25, -0.2) is 0 Å². The molecule has 2 aromatic carbocycles. The first kappa shape index (κ1) is 27.1. The lowest BCUT2D eigenvalue weighted by Gasteiger charge is -2.13. The van der Waals surface area contributed by atoms with Gasteiger partial charge in [0, 0.05) is 6.54 Å².